The predicted molar refractivity (Wildman–Crippen MR) is 85.5 cm³/mol. The molecule has 5 nitrogen and oxygen atoms in total. The van der Waals surface area contributed by atoms with Gasteiger partial charge < -0.3 is 14.0 Å². The number of carbonyl (C=O) groups excluding carboxylic acids is 1. The fourth-order valence-corrected chi connectivity index (χ4v) is 3.34. The average Bonchev–Trinajstić information content (AvgIpc) is 2.80. The van der Waals surface area contributed by atoms with Crippen LogP contribution in [-0.2, 0) is 16.0 Å². The molecule has 3 heterocycles. The number of aromatic nitrogens is 2. The van der Waals surface area contributed by atoms with Crippen LogP contribution in [0.2, 0.25) is 10.0 Å². The molecule has 2 atom stereocenters. The Morgan fingerprint density at radius 1 is 1.32 bits per heavy atom. The minimum atomic E-state index is 0.0487. The topological polar surface area (TPSA) is 46.8 Å². The molecule has 2 aromatic heterocycles. The number of morpholine rings is 1. The summed E-state index contributed by atoms with van der Waals surface area (Å²) in [4.78, 5) is 18.7. The van der Waals surface area contributed by atoms with Gasteiger partial charge in [-0.25, -0.2) is 4.98 Å². The molecule has 3 rings (SSSR count). The highest BCUT2D eigenvalue weighted by Crippen LogP contribution is 2.22. The number of hydrogen-bond acceptors (Lipinski definition) is 3. The van der Waals surface area contributed by atoms with Gasteiger partial charge in [0.25, 0.3) is 0 Å². The van der Waals surface area contributed by atoms with E-state index in [0.717, 1.165) is 0 Å². The van der Waals surface area contributed by atoms with Crippen molar-refractivity contribution >= 4 is 34.8 Å². The summed E-state index contributed by atoms with van der Waals surface area (Å²) in [6.07, 6.45) is 3.87. The molecular weight excluding hydrogens is 325 g/mol. The monoisotopic (exact) mass is 341 g/mol. The highest BCUT2D eigenvalue weighted by molar-refractivity contribution is 6.36. The third-order valence-corrected chi connectivity index (χ3v) is 4.11. The van der Waals surface area contributed by atoms with Gasteiger partial charge in [0.2, 0.25) is 5.91 Å². The molecule has 22 heavy (non-hydrogen) atoms. The van der Waals surface area contributed by atoms with E-state index < -0.39 is 0 Å². The summed E-state index contributed by atoms with van der Waals surface area (Å²) in [6.45, 7) is 5.18. The van der Waals surface area contributed by atoms with Crippen LogP contribution < -0.4 is 0 Å². The lowest BCUT2D eigenvalue weighted by atomic mass is 10.2. The number of fused-ring (bicyclic) bond motifs is 1. The summed E-state index contributed by atoms with van der Waals surface area (Å²) in [6, 6.07) is 1.64. The smallest absolute Gasteiger partial charge is 0.228 e. The first-order chi connectivity index (χ1) is 10.4. The lowest BCUT2D eigenvalue weighted by Gasteiger charge is -2.35. The van der Waals surface area contributed by atoms with Gasteiger partial charge in [-0.2, -0.15) is 0 Å². The van der Waals surface area contributed by atoms with E-state index in [2.05, 4.69) is 4.98 Å². The number of imidazole rings is 1. The van der Waals surface area contributed by atoms with Crippen molar-refractivity contribution in [1.29, 1.82) is 0 Å². The molecular formula is C15H17Cl2N3O2. The molecule has 7 heteroatoms. The van der Waals surface area contributed by atoms with E-state index in [1.54, 1.807) is 22.9 Å². The van der Waals surface area contributed by atoms with Crippen molar-refractivity contribution in [3.8, 4) is 0 Å². The number of rotatable bonds is 2. The summed E-state index contributed by atoms with van der Waals surface area (Å²) in [5.41, 5.74) is 1.29. The lowest BCUT2D eigenvalue weighted by Crippen LogP contribution is -2.48. The zero-order valence-corrected chi connectivity index (χ0v) is 13.9. The Hall–Kier alpha value is -1.30. The summed E-state index contributed by atoms with van der Waals surface area (Å²) >= 11 is 12.1. The third kappa shape index (κ3) is 3.21. The van der Waals surface area contributed by atoms with Gasteiger partial charge in [-0.05, 0) is 19.9 Å². The Kier molecular flexibility index (Phi) is 4.30. The molecule has 2 aromatic rings. The highest BCUT2D eigenvalue weighted by atomic mass is 35.5. The van der Waals surface area contributed by atoms with E-state index in [9.17, 15) is 4.79 Å². The zero-order valence-electron chi connectivity index (χ0n) is 12.4. The average molecular weight is 342 g/mol. The Bertz CT molecular complexity index is 706. The van der Waals surface area contributed by atoms with Crippen LogP contribution in [0.25, 0.3) is 5.65 Å². The predicted octanol–water partition coefficient (Wildman–Crippen LogP) is 2.82. The molecule has 0 spiro atoms. The molecule has 0 N–H and O–H groups in total. The highest BCUT2D eigenvalue weighted by Gasteiger charge is 2.26. The molecule has 118 valence electrons. The van der Waals surface area contributed by atoms with Gasteiger partial charge in [0.1, 0.15) is 0 Å². The van der Waals surface area contributed by atoms with Crippen molar-refractivity contribution in [3.05, 3.63) is 34.2 Å². The number of amides is 1. The fourth-order valence-electron chi connectivity index (χ4n) is 2.81. The number of hydrogen-bond donors (Lipinski definition) is 0. The molecule has 1 aliphatic heterocycles. The summed E-state index contributed by atoms with van der Waals surface area (Å²) in [5.74, 6) is 0.0487. The maximum atomic E-state index is 12.4. The van der Waals surface area contributed by atoms with Crippen LogP contribution in [0.4, 0.5) is 0 Å². The second-order valence-electron chi connectivity index (χ2n) is 5.70. The van der Waals surface area contributed by atoms with Crippen molar-refractivity contribution in [3.63, 3.8) is 0 Å². The summed E-state index contributed by atoms with van der Waals surface area (Å²) in [5, 5.41) is 1.00. The molecule has 1 amide bonds. The van der Waals surface area contributed by atoms with Crippen LogP contribution in [0.15, 0.2) is 18.5 Å². The van der Waals surface area contributed by atoms with Gasteiger partial charge in [-0.1, -0.05) is 23.2 Å². The molecule has 0 aliphatic carbocycles. The van der Waals surface area contributed by atoms with E-state index in [4.69, 9.17) is 27.9 Å². The van der Waals surface area contributed by atoms with Gasteiger partial charge in [0.05, 0.1) is 34.4 Å². The fraction of sp³-hybridized carbons (Fsp3) is 0.467. The molecule has 1 fully saturated rings. The molecule has 1 aliphatic rings. The number of carbonyl (C=O) groups is 1. The first-order valence-corrected chi connectivity index (χ1v) is 7.94. The quantitative estimate of drug-likeness (QED) is 0.843. The van der Waals surface area contributed by atoms with Crippen molar-refractivity contribution < 1.29 is 9.53 Å². The molecule has 0 radical (unpaired) electrons. The first kappa shape index (κ1) is 15.6. The maximum absolute atomic E-state index is 12.4. The molecule has 0 aromatic carbocycles. The van der Waals surface area contributed by atoms with E-state index in [-0.39, 0.29) is 24.5 Å². The van der Waals surface area contributed by atoms with Crippen molar-refractivity contribution in [1.82, 2.24) is 14.3 Å². The number of ether oxygens (including phenoxy) is 1. The minimum Gasteiger partial charge on any atom is -0.372 e. The van der Waals surface area contributed by atoms with Crippen LogP contribution in [0.5, 0.6) is 0 Å². The van der Waals surface area contributed by atoms with Gasteiger partial charge in [0, 0.05) is 25.5 Å². The number of nitrogens with zero attached hydrogens (tertiary/aromatic N) is 3. The maximum Gasteiger partial charge on any atom is 0.228 e. The van der Waals surface area contributed by atoms with Crippen molar-refractivity contribution in [2.45, 2.75) is 32.5 Å². The van der Waals surface area contributed by atoms with Crippen LogP contribution in [0.3, 0.4) is 0 Å². The largest absolute Gasteiger partial charge is 0.372 e. The Morgan fingerprint density at radius 2 is 2.00 bits per heavy atom. The molecule has 0 unspecified atom stereocenters. The second kappa shape index (κ2) is 6.07. The Balaban J connectivity index is 1.78. The number of halogens is 2. The second-order valence-corrected chi connectivity index (χ2v) is 6.55. The Labute approximate surface area is 138 Å². The SMILES string of the molecule is C[C@@H]1CN(C(=O)Cc2cn3cc(Cl)cc(Cl)c3n2)C[C@@H](C)O1. The normalized spacial score (nSPS) is 22.3. The van der Waals surface area contributed by atoms with Crippen LogP contribution in [-0.4, -0.2) is 45.5 Å². The lowest BCUT2D eigenvalue weighted by molar-refractivity contribution is -0.142. The van der Waals surface area contributed by atoms with Crippen LogP contribution in [0, 0.1) is 0 Å². The summed E-state index contributed by atoms with van der Waals surface area (Å²) < 4.78 is 7.40. The van der Waals surface area contributed by atoms with E-state index in [1.807, 2.05) is 18.7 Å². The molecule has 1 saturated heterocycles. The zero-order chi connectivity index (χ0) is 15.9. The number of pyridine rings is 1. The first-order valence-electron chi connectivity index (χ1n) is 7.18. The third-order valence-electron chi connectivity index (χ3n) is 3.63. The van der Waals surface area contributed by atoms with Gasteiger partial charge in [0.15, 0.2) is 5.65 Å². The van der Waals surface area contributed by atoms with Gasteiger partial charge >= 0.3 is 0 Å². The van der Waals surface area contributed by atoms with E-state index in [1.165, 1.54) is 0 Å². The van der Waals surface area contributed by atoms with Crippen molar-refractivity contribution in [2.75, 3.05) is 13.1 Å². The minimum absolute atomic E-state index is 0.0487. The van der Waals surface area contributed by atoms with E-state index in [0.29, 0.717) is 34.5 Å². The van der Waals surface area contributed by atoms with Crippen LogP contribution >= 0.6 is 23.2 Å². The van der Waals surface area contributed by atoms with E-state index >= 15 is 0 Å². The van der Waals surface area contributed by atoms with Crippen molar-refractivity contribution in [2.24, 2.45) is 0 Å². The summed E-state index contributed by atoms with van der Waals surface area (Å²) in [7, 11) is 0. The van der Waals surface area contributed by atoms with Gasteiger partial charge in [-0.15, -0.1) is 0 Å². The standard InChI is InChI=1S/C15H17Cl2N3O2/c1-9-5-19(6-10(2)22-9)14(21)4-12-8-20-7-11(16)3-13(17)15(20)18-12/h3,7-10H,4-6H2,1-2H3/t9-,10-/m1/s1. The van der Waals surface area contributed by atoms with Crippen LogP contribution in [0.1, 0.15) is 19.5 Å². The van der Waals surface area contributed by atoms with Gasteiger partial charge in [-0.3, -0.25) is 4.79 Å². The molecule has 0 saturated carbocycles. The molecule has 0 bridgehead atoms. The Morgan fingerprint density at radius 3 is 2.68 bits per heavy atom.